The normalized spacial score (nSPS) is 40.8. The Labute approximate surface area is 67.0 Å². The maximum absolute atomic E-state index is 3.59. The molecule has 0 aliphatic carbocycles. The summed E-state index contributed by atoms with van der Waals surface area (Å²) in [6.07, 6.45) is 5.71. The lowest BCUT2D eigenvalue weighted by atomic mass is 9.81. The van der Waals surface area contributed by atoms with Crippen LogP contribution < -0.4 is 5.32 Å². The van der Waals surface area contributed by atoms with Gasteiger partial charge in [0.1, 0.15) is 0 Å². The lowest BCUT2D eigenvalue weighted by molar-refractivity contribution is 0.187. The van der Waals surface area contributed by atoms with Crippen molar-refractivity contribution in [3.63, 3.8) is 0 Å². The lowest BCUT2D eigenvalue weighted by Crippen LogP contribution is -2.56. The second kappa shape index (κ2) is 2.74. The Bertz CT molecular complexity index is 110. The molecule has 0 bridgehead atoms. The summed E-state index contributed by atoms with van der Waals surface area (Å²) in [5.74, 6) is 2.77. The van der Waals surface area contributed by atoms with Gasteiger partial charge in [0.25, 0.3) is 0 Å². The number of nitrogens with one attached hydrogen (secondary N) is 1. The number of hydrogen-bond donors (Lipinski definition) is 1. The summed E-state index contributed by atoms with van der Waals surface area (Å²) in [6, 6.07) is 0. The van der Waals surface area contributed by atoms with Gasteiger partial charge in [0, 0.05) is 5.54 Å². The Morgan fingerprint density at radius 1 is 1.10 bits per heavy atom. The van der Waals surface area contributed by atoms with E-state index in [0.29, 0.717) is 5.54 Å². The molecule has 2 saturated heterocycles. The minimum atomic E-state index is 0.615. The van der Waals surface area contributed by atoms with Crippen molar-refractivity contribution in [1.82, 2.24) is 5.32 Å². The Kier molecular flexibility index (Phi) is 1.92. The van der Waals surface area contributed by atoms with Crippen LogP contribution in [0, 0.1) is 0 Å². The molecule has 0 saturated carbocycles. The van der Waals surface area contributed by atoms with Gasteiger partial charge in [-0.3, -0.25) is 0 Å². The molecular formula is C8H15NS. The first kappa shape index (κ1) is 6.99. The summed E-state index contributed by atoms with van der Waals surface area (Å²) >= 11 is 2.13. The van der Waals surface area contributed by atoms with Gasteiger partial charge in [0.05, 0.1) is 0 Å². The van der Waals surface area contributed by atoms with E-state index >= 15 is 0 Å². The van der Waals surface area contributed by atoms with Gasteiger partial charge in [-0.15, -0.1) is 0 Å². The average Bonchev–Trinajstić information content (AvgIpc) is 2.08. The molecular weight excluding hydrogens is 142 g/mol. The monoisotopic (exact) mass is 157 g/mol. The second-order valence-electron chi connectivity index (χ2n) is 3.42. The molecule has 1 spiro atoms. The van der Waals surface area contributed by atoms with E-state index in [9.17, 15) is 0 Å². The van der Waals surface area contributed by atoms with Crippen molar-refractivity contribution in [2.45, 2.75) is 31.2 Å². The lowest BCUT2D eigenvalue weighted by Gasteiger charge is -2.42. The van der Waals surface area contributed by atoms with Gasteiger partial charge < -0.3 is 5.32 Å². The maximum Gasteiger partial charge on any atom is 0.0201 e. The zero-order valence-electron chi connectivity index (χ0n) is 6.36. The zero-order chi connectivity index (χ0) is 6.86. The molecule has 2 fully saturated rings. The molecule has 2 heteroatoms. The molecule has 0 amide bonds. The van der Waals surface area contributed by atoms with Gasteiger partial charge >= 0.3 is 0 Å². The summed E-state index contributed by atoms with van der Waals surface area (Å²) < 4.78 is 0. The Morgan fingerprint density at radius 3 is 2.70 bits per heavy atom. The van der Waals surface area contributed by atoms with Gasteiger partial charge in [-0.05, 0) is 43.7 Å². The molecule has 1 atom stereocenters. The predicted molar refractivity (Wildman–Crippen MR) is 46.5 cm³/mol. The predicted octanol–water partition coefficient (Wildman–Crippen LogP) is 1.64. The van der Waals surface area contributed by atoms with Crippen LogP contribution in [0.4, 0.5) is 0 Å². The van der Waals surface area contributed by atoms with E-state index in [1.54, 1.807) is 0 Å². The van der Waals surface area contributed by atoms with Crippen LogP contribution in [-0.2, 0) is 0 Å². The molecule has 1 nitrogen and oxygen atoms in total. The summed E-state index contributed by atoms with van der Waals surface area (Å²) in [4.78, 5) is 0. The molecule has 1 unspecified atom stereocenters. The maximum atomic E-state index is 3.59. The molecule has 2 rings (SSSR count). The summed E-state index contributed by atoms with van der Waals surface area (Å²) in [7, 11) is 0. The smallest absolute Gasteiger partial charge is 0.0201 e. The topological polar surface area (TPSA) is 12.0 Å². The molecule has 2 aliphatic rings. The minimum Gasteiger partial charge on any atom is -0.311 e. The van der Waals surface area contributed by atoms with Crippen molar-refractivity contribution in [2.24, 2.45) is 0 Å². The highest BCUT2D eigenvalue weighted by Crippen LogP contribution is 2.33. The molecule has 10 heavy (non-hydrogen) atoms. The summed E-state index contributed by atoms with van der Waals surface area (Å²) in [5.41, 5.74) is 0.615. The van der Waals surface area contributed by atoms with Gasteiger partial charge in [-0.25, -0.2) is 0 Å². The SMILES string of the molecule is C1CSCCC2(C1)CCN2. The van der Waals surface area contributed by atoms with Gasteiger partial charge in [-0.2, -0.15) is 11.8 Å². The van der Waals surface area contributed by atoms with Crippen LogP contribution in [0.3, 0.4) is 0 Å². The Balaban J connectivity index is 1.92. The van der Waals surface area contributed by atoms with Crippen molar-refractivity contribution in [3.05, 3.63) is 0 Å². The number of thioether (sulfide) groups is 1. The number of rotatable bonds is 0. The summed E-state index contributed by atoms with van der Waals surface area (Å²) in [6.45, 7) is 1.27. The van der Waals surface area contributed by atoms with E-state index in [0.717, 1.165) is 0 Å². The van der Waals surface area contributed by atoms with Crippen LogP contribution in [0.5, 0.6) is 0 Å². The van der Waals surface area contributed by atoms with E-state index in [1.165, 1.54) is 43.7 Å². The van der Waals surface area contributed by atoms with Crippen LogP contribution in [0.1, 0.15) is 25.7 Å². The van der Waals surface area contributed by atoms with Gasteiger partial charge in [0.2, 0.25) is 0 Å². The van der Waals surface area contributed by atoms with Crippen LogP contribution >= 0.6 is 11.8 Å². The minimum absolute atomic E-state index is 0.615. The largest absolute Gasteiger partial charge is 0.311 e. The fraction of sp³-hybridized carbons (Fsp3) is 1.00. The fourth-order valence-electron chi connectivity index (χ4n) is 1.91. The summed E-state index contributed by atoms with van der Waals surface area (Å²) in [5, 5.41) is 3.59. The zero-order valence-corrected chi connectivity index (χ0v) is 7.17. The van der Waals surface area contributed by atoms with Crippen LogP contribution in [0.2, 0.25) is 0 Å². The highest BCUT2D eigenvalue weighted by Gasteiger charge is 2.35. The standard InChI is InChI=1S/C8H15NS/c1-2-8(3-5-9-8)4-7-10-6-1/h9H,1-7H2. The van der Waals surface area contributed by atoms with E-state index < -0.39 is 0 Å². The molecule has 2 heterocycles. The molecule has 2 aliphatic heterocycles. The first-order chi connectivity index (χ1) is 4.91. The van der Waals surface area contributed by atoms with E-state index in [2.05, 4.69) is 17.1 Å². The third kappa shape index (κ3) is 1.19. The molecule has 0 aromatic carbocycles. The average molecular weight is 157 g/mol. The first-order valence-corrected chi connectivity index (χ1v) is 5.40. The Morgan fingerprint density at radius 2 is 2.00 bits per heavy atom. The molecule has 58 valence electrons. The van der Waals surface area contributed by atoms with Crippen molar-refractivity contribution in [2.75, 3.05) is 18.1 Å². The highest BCUT2D eigenvalue weighted by atomic mass is 32.2. The van der Waals surface area contributed by atoms with Crippen molar-refractivity contribution >= 4 is 11.8 Å². The molecule has 0 radical (unpaired) electrons. The van der Waals surface area contributed by atoms with Crippen molar-refractivity contribution in [1.29, 1.82) is 0 Å². The van der Waals surface area contributed by atoms with Crippen molar-refractivity contribution < 1.29 is 0 Å². The second-order valence-corrected chi connectivity index (χ2v) is 4.65. The quantitative estimate of drug-likeness (QED) is 0.573. The third-order valence-corrected chi connectivity index (χ3v) is 3.84. The van der Waals surface area contributed by atoms with Gasteiger partial charge in [-0.1, -0.05) is 0 Å². The Hall–Kier alpha value is 0.310. The number of hydrogen-bond acceptors (Lipinski definition) is 2. The molecule has 0 aromatic heterocycles. The van der Waals surface area contributed by atoms with Crippen LogP contribution in [-0.4, -0.2) is 23.6 Å². The van der Waals surface area contributed by atoms with E-state index in [-0.39, 0.29) is 0 Å². The fourth-order valence-corrected chi connectivity index (χ4v) is 3.00. The van der Waals surface area contributed by atoms with Crippen LogP contribution in [0.25, 0.3) is 0 Å². The molecule has 0 aromatic rings. The van der Waals surface area contributed by atoms with E-state index in [1.807, 2.05) is 0 Å². The van der Waals surface area contributed by atoms with Crippen molar-refractivity contribution in [3.8, 4) is 0 Å². The highest BCUT2D eigenvalue weighted by molar-refractivity contribution is 7.99. The van der Waals surface area contributed by atoms with E-state index in [4.69, 9.17) is 0 Å². The first-order valence-electron chi connectivity index (χ1n) is 4.24. The van der Waals surface area contributed by atoms with Gasteiger partial charge in [0.15, 0.2) is 0 Å². The van der Waals surface area contributed by atoms with Crippen LogP contribution in [0.15, 0.2) is 0 Å². The third-order valence-electron chi connectivity index (χ3n) is 2.77. The molecule has 1 N–H and O–H groups in total.